The van der Waals surface area contributed by atoms with E-state index < -0.39 is 0 Å². The van der Waals surface area contributed by atoms with Crippen LogP contribution < -0.4 is 5.32 Å². The van der Waals surface area contributed by atoms with Crippen LogP contribution in [-0.4, -0.2) is 40.4 Å². The molecule has 4 rings (SSSR count). The summed E-state index contributed by atoms with van der Waals surface area (Å²) in [5.41, 5.74) is 4.34. The molecule has 1 saturated carbocycles. The zero-order chi connectivity index (χ0) is 16.4. The van der Waals surface area contributed by atoms with Gasteiger partial charge in [0.2, 0.25) is 0 Å². The number of rotatable bonds is 5. The molecule has 24 heavy (non-hydrogen) atoms. The smallest absolute Gasteiger partial charge is 0.270 e. The van der Waals surface area contributed by atoms with Gasteiger partial charge in [0, 0.05) is 37.8 Å². The van der Waals surface area contributed by atoms with E-state index in [0.29, 0.717) is 18.2 Å². The largest absolute Gasteiger partial charge is 0.349 e. The Hall–Kier alpha value is -2.27. The van der Waals surface area contributed by atoms with Crippen molar-refractivity contribution in [3.8, 4) is 0 Å². The monoisotopic (exact) mass is 322 g/mol. The van der Waals surface area contributed by atoms with E-state index in [1.165, 1.54) is 30.3 Å². The minimum Gasteiger partial charge on any atom is -0.349 e. The highest BCUT2D eigenvalue weighted by atomic mass is 16.1. The van der Waals surface area contributed by atoms with Crippen LogP contribution in [0.2, 0.25) is 0 Å². The van der Waals surface area contributed by atoms with Gasteiger partial charge in [-0.15, -0.1) is 0 Å². The van der Waals surface area contributed by atoms with E-state index in [1.54, 1.807) is 0 Å². The van der Waals surface area contributed by atoms with Crippen molar-refractivity contribution >= 4 is 5.91 Å². The van der Waals surface area contributed by atoms with E-state index in [-0.39, 0.29) is 5.91 Å². The van der Waals surface area contributed by atoms with Crippen molar-refractivity contribution in [3.63, 3.8) is 0 Å². The van der Waals surface area contributed by atoms with Crippen molar-refractivity contribution < 1.29 is 4.79 Å². The topological polar surface area (TPSA) is 58.1 Å². The first-order valence-corrected chi connectivity index (χ1v) is 8.69. The Morgan fingerprint density at radius 1 is 1.21 bits per heavy atom. The van der Waals surface area contributed by atoms with Crippen LogP contribution in [0.25, 0.3) is 0 Å². The lowest BCUT2D eigenvalue weighted by atomic mass is 10.00. The van der Waals surface area contributed by atoms with Crippen LogP contribution in [0.5, 0.6) is 0 Å². The SMILES string of the molecule is O=C(NCCN1CCc2ccccc2C1)c1cc(C2CC2)ncn1. The number of nitrogens with zero attached hydrogens (tertiary/aromatic N) is 3. The van der Waals surface area contributed by atoms with Gasteiger partial charge in [-0.05, 0) is 36.5 Å². The summed E-state index contributed by atoms with van der Waals surface area (Å²) in [6.07, 6.45) is 4.94. The second-order valence-corrected chi connectivity index (χ2v) is 6.65. The first-order valence-electron chi connectivity index (χ1n) is 8.69. The second-order valence-electron chi connectivity index (χ2n) is 6.65. The van der Waals surface area contributed by atoms with Gasteiger partial charge in [-0.25, -0.2) is 9.97 Å². The minimum atomic E-state index is -0.100. The Morgan fingerprint density at radius 2 is 2.04 bits per heavy atom. The maximum Gasteiger partial charge on any atom is 0.270 e. The van der Waals surface area contributed by atoms with Crippen LogP contribution in [0.15, 0.2) is 36.7 Å². The van der Waals surface area contributed by atoms with E-state index in [2.05, 4.69) is 44.5 Å². The first kappa shape index (κ1) is 15.3. The third-order valence-electron chi connectivity index (χ3n) is 4.84. The molecule has 2 heterocycles. The van der Waals surface area contributed by atoms with Crippen molar-refractivity contribution in [1.29, 1.82) is 0 Å². The maximum absolute atomic E-state index is 12.3. The molecule has 1 aliphatic carbocycles. The molecule has 0 bridgehead atoms. The molecule has 2 aromatic rings. The third kappa shape index (κ3) is 3.46. The summed E-state index contributed by atoms with van der Waals surface area (Å²) in [6, 6.07) is 10.4. The van der Waals surface area contributed by atoms with Gasteiger partial charge in [0.05, 0.1) is 0 Å². The van der Waals surface area contributed by atoms with Gasteiger partial charge in [-0.1, -0.05) is 24.3 Å². The molecule has 1 aromatic carbocycles. The number of hydrogen-bond donors (Lipinski definition) is 1. The number of benzene rings is 1. The zero-order valence-corrected chi connectivity index (χ0v) is 13.7. The number of nitrogens with one attached hydrogen (secondary N) is 1. The van der Waals surface area contributed by atoms with Crippen LogP contribution in [0, 0.1) is 0 Å². The molecule has 1 aliphatic heterocycles. The number of carbonyl (C=O) groups is 1. The molecule has 124 valence electrons. The molecule has 1 amide bonds. The van der Waals surface area contributed by atoms with Crippen LogP contribution >= 0.6 is 0 Å². The lowest BCUT2D eigenvalue weighted by Gasteiger charge is -2.28. The summed E-state index contributed by atoms with van der Waals surface area (Å²) < 4.78 is 0. The number of hydrogen-bond acceptors (Lipinski definition) is 4. The Labute approximate surface area is 142 Å². The predicted molar refractivity (Wildman–Crippen MR) is 91.8 cm³/mol. The Balaban J connectivity index is 1.28. The van der Waals surface area contributed by atoms with Crippen LogP contribution in [0.4, 0.5) is 0 Å². The van der Waals surface area contributed by atoms with E-state index >= 15 is 0 Å². The second kappa shape index (κ2) is 6.69. The number of carbonyl (C=O) groups excluding carboxylic acids is 1. The Morgan fingerprint density at radius 3 is 2.88 bits per heavy atom. The summed E-state index contributed by atoms with van der Waals surface area (Å²) in [5, 5.41) is 2.99. The lowest BCUT2D eigenvalue weighted by molar-refractivity contribution is 0.0942. The molecule has 0 radical (unpaired) electrons. The van der Waals surface area contributed by atoms with Gasteiger partial charge in [-0.3, -0.25) is 9.69 Å². The molecular weight excluding hydrogens is 300 g/mol. The van der Waals surface area contributed by atoms with Crippen molar-refractivity contribution in [2.24, 2.45) is 0 Å². The highest BCUT2D eigenvalue weighted by Gasteiger charge is 2.26. The van der Waals surface area contributed by atoms with Crippen LogP contribution in [0.1, 0.15) is 46.1 Å². The first-order chi connectivity index (χ1) is 11.8. The zero-order valence-electron chi connectivity index (χ0n) is 13.7. The van der Waals surface area contributed by atoms with Gasteiger partial charge in [-0.2, -0.15) is 0 Å². The number of aromatic nitrogens is 2. The summed E-state index contributed by atoms with van der Waals surface area (Å²) >= 11 is 0. The Kier molecular flexibility index (Phi) is 4.26. The quantitative estimate of drug-likeness (QED) is 0.916. The van der Waals surface area contributed by atoms with Gasteiger partial charge >= 0.3 is 0 Å². The summed E-state index contributed by atoms with van der Waals surface area (Å²) in [5.74, 6) is 0.435. The number of fused-ring (bicyclic) bond motifs is 1. The molecule has 1 aromatic heterocycles. The van der Waals surface area contributed by atoms with Crippen LogP contribution in [0.3, 0.4) is 0 Å². The standard InChI is InChI=1S/C19H22N4O/c24-19(18-11-17(15-5-6-15)21-13-22-18)20-8-10-23-9-7-14-3-1-2-4-16(14)12-23/h1-4,11,13,15H,5-10,12H2,(H,20,24). The third-order valence-corrected chi connectivity index (χ3v) is 4.84. The van der Waals surface area contributed by atoms with Gasteiger partial charge in [0.25, 0.3) is 5.91 Å². The molecular formula is C19H22N4O. The lowest BCUT2D eigenvalue weighted by Crippen LogP contribution is -2.38. The molecule has 1 fully saturated rings. The van der Waals surface area contributed by atoms with Gasteiger partial charge < -0.3 is 5.32 Å². The predicted octanol–water partition coefficient (Wildman–Crippen LogP) is 2.14. The molecule has 1 N–H and O–H groups in total. The fourth-order valence-electron chi connectivity index (χ4n) is 3.26. The summed E-state index contributed by atoms with van der Waals surface area (Å²) in [6.45, 7) is 3.52. The molecule has 0 unspecified atom stereocenters. The van der Waals surface area contributed by atoms with E-state index in [1.807, 2.05) is 6.07 Å². The van der Waals surface area contributed by atoms with Crippen molar-refractivity contribution in [2.75, 3.05) is 19.6 Å². The normalized spacial score (nSPS) is 17.3. The number of amides is 1. The van der Waals surface area contributed by atoms with E-state index in [4.69, 9.17) is 0 Å². The molecule has 2 aliphatic rings. The highest BCUT2D eigenvalue weighted by Crippen LogP contribution is 2.38. The van der Waals surface area contributed by atoms with Crippen LogP contribution in [-0.2, 0) is 13.0 Å². The average molecular weight is 322 g/mol. The van der Waals surface area contributed by atoms with Crippen molar-refractivity contribution in [3.05, 3.63) is 59.2 Å². The fourth-order valence-corrected chi connectivity index (χ4v) is 3.26. The highest BCUT2D eigenvalue weighted by molar-refractivity contribution is 5.92. The molecule has 0 spiro atoms. The maximum atomic E-state index is 12.3. The summed E-state index contributed by atoms with van der Waals surface area (Å²) in [4.78, 5) is 23.0. The summed E-state index contributed by atoms with van der Waals surface area (Å²) in [7, 11) is 0. The molecule has 0 atom stereocenters. The van der Waals surface area contributed by atoms with Crippen molar-refractivity contribution in [1.82, 2.24) is 20.2 Å². The molecule has 5 nitrogen and oxygen atoms in total. The Bertz CT molecular complexity index is 742. The average Bonchev–Trinajstić information content (AvgIpc) is 3.47. The molecule has 0 saturated heterocycles. The van der Waals surface area contributed by atoms with E-state index in [0.717, 1.165) is 31.7 Å². The van der Waals surface area contributed by atoms with Crippen molar-refractivity contribution in [2.45, 2.75) is 31.7 Å². The fraction of sp³-hybridized carbons (Fsp3) is 0.421. The minimum absolute atomic E-state index is 0.100. The molecule has 5 heteroatoms. The van der Waals surface area contributed by atoms with Gasteiger partial charge in [0.1, 0.15) is 12.0 Å². The van der Waals surface area contributed by atoms with Gasteiger partial charge in [0.15, 0.2) is 0 Å². The van der Waals surface area contributed by atoms with E-state index in [9.17, 15) is 4.79 Å².